The minimum Gasteiger partial charge on any atom is -0.312 e. The maximum atomic E-state index is 4.61. The molecule has 1 aromatic heterocycles. The van der Waals surface area contributed by atoms with Gasteiger partial charge in [0.25, 0.3) is 0 Å². The largest absolute Gasteiger partial charge is 0.312 e. The molecule has 16 heavy (non-hydrogen) atoms. The minimum atomic E-state index is 0.499. The number of hydrogen-bond acceptors (Lipinski definition) is 3. The van der Waals surface area contributed by atoms with Crippen molar-refractivity contribution < 1.29 is 0 Å². The van der Waals surface area contributed by atoms with Gasteiger partial charge in [-0.2, -0.15) is 5.10 Å². The van der Waals surface area contributed by atoms with Crippen molar-refractivity contribution in [2.45, 2.75) is 58.5 Å². The Morgan fingerprint density at radius 2 is 2.12 bits per heavy atom. The van der Waals surface area contributed by atoms with E-state index >= 15 is 0 Å². The summed E-state index contributed by atoms with van der Waals surface area (Å²) in [5, 5.41) is 8.13. The number of rotatable bonds is 3. The van der Waals surface area contributed by atoms with Crippen LogP contribution in [0.4, 0.5) is 0 Å². The van der Waals surface area contributed by atoms with Crippen LogP contribution in [0.1, 0.15) is 51.3 Å². The molecule has 1 N–H and O–H groups in total. The van der Waals surface area contributed by atoms with Crippen LogP contribution in [0.25, 0.3) is 0 Å². The number of hydrogen-bond donors (Lipinski definition) is 1. The standard InChI is InChI=1S/C12H22N4/c1-4-11-14-12(5-2)16(15-11)10-7-6-9(3)13-8-10/h9-10,13H,4-8H2,1-3H3. The molecule has 0 spiro atoms. The first-order chi connectivity index (χ1) is 7.74. The first-order valence-electron chi connectivity index (χ1n) is 6.42. The molecule has 1 aromatic rings. The lowest BCUT2D eigenvalue weighted by Crippen LogP contribution is -2.38. The minimum absolute atomic E-state index is 0.499. The molecular formula is C12H22N4. The Bertz CT molecular complexity index is 337. The van der Waals surface area contributed by atoms with Crippen molar-refractivity contribution in [1.82, 2.24) is 20.1 Å². The molecule has 0 saturated carbocycles. The Balaban J connectivity index is 2.15. The summed E-state index contributed by atoms with van der Waals surface area (Å²) in [5.74, 6) is 2.12. The van der Waals surface area contributed by atoms with E-state index < -0.39 is 0 Å². The summed E-state index contributed by atoms with van der Waals surface area (Å²) >= 11 is 0. The Labute approximate surface area is 97.5 Å². The van der Waals surface area contributed by atoms with E-state index in [-0.39, 0.29) is 0 Å². The topological polar surface area (TPSA) is 42.7 Å². The van der Waals surface area contributed by atoms with Gasteiger partial charge in [-0.25, -0.2) is 9.67 Å². The molecule has 4 heteroatoms. The smallest absolute Gasteiger partial charge is 0.150 e. The predicted molar refractivity (Wildman–Crippen MR) is 64.5 cm³/mol. The number of nitrogens with one attached hydrogen (secondary N) is 1. The fourth-order valence-corrected chi connectivity index (χ4v) is 2.28. The van der Waals surface area contributed by atoms with Gasteiger partial charge in [0.2, 0.25) is 0 Å². The zero-order chi connectivity index (χ0) is 11.5. The molecule has 1 aliphatic heterocycles. The van der Waals surface area contributed by atoms with Crippen molar-refractivity contribution in [3.8, 4) is 0 Å². The lowest BCUT2D eigenvalue weighted by molar-refractivity contribution is 0.297. The molecule has 2 rings (SSSR count). The average molecular weight is 222 g/mol. The van der Waals surface area contributed by atoms with Gasteiger partial charge in [0.1, 0.15) is 5.82 Å². The van der Waals surface area contributed by atoms with E-state index in [1.165, 1.54) is 12.8 Å². The van der Waals surface area contributed by atoms with Gasteiger partial charge in [0.05, 0.1) is 6.04 Å². The summed E-state index contributed by atoms with van der Waals surface area (Å²) in [4.78, 5) is 4.57. The number of piperidine rings is 1. The zero-order valence-corrected chi connectivity index (χ0v) is 10.5. The number of aryl methyl sites for hydroxylation is 2. The molecule has 2 atom stereocenters. The van der Waals surface area contributed by atoms with Gasteiger partial charge in [0, 0.05) is 25.4 Å². The van der Waals surface area contributed by atoms with E-state index in [2.05, 4.69) is 40.9 Å². The summed E-state index contributed by atoms with van der Waals surface area (Å²) in [7, 11) is 0. The first kappa shape index (κ1) is 11.6. The second-order valence-corrected chi connectivity index (χ2v) is 4.64. The molecule has 0 aromatic carbocycles. The highest BCUT2D eigenvalue weighted by Crippen LogP contribution is 2.20. The highest BCUT2D eigenvalue weighted by atomic mass is 15.4. The van der Waals surface area contributed by atoms with Crippen LogP contribution < -0.4 is 5.32 Å². The van der Waals surface area contributed by atoms with Crippen molar-refractivity contribution in [1.29, 1.82) is 0 Å². The highest BCUT2D eigenvalue weighted by molar-refractivity contribution is 4.96. The van der Waals surface area contributed by atoms with Gasteiger partial charge in [-0.1, -0.05) is 13.8 Å². The lowest BCUT2D eigenvalue weighted by atomic mass is 10.0. The molecule has 0 bridgehead atoms. The highest BCUT2D eigenvalue weighted by Gasteiger charge is 2.22. The third kappa shape index (κ3) is 2.26. The van der Waals surface area contributed by atoms with Crippen LogP contribution in [0.2, 0.25) is 0 Å². The van der Waals surface area contributed by atoms with Crippen LogP contribution in [0.3, 0.4) is 0 Å². The van der Waals surface area contributed by atoms with Crippen LogP contribution in [-0.4, -0.2) is 27.4 Å². The van der Waals surface area contributed by atoms with E-state index in [9.17, 15) is 0 Å². The molecule has 1 aliphatic rings. The molecule has 90 valence electrons. The quantitative estimate of drug-likeness (QED) is 0.846. The molecule has 1 fully saturated rings. The molecule has 2 heterocycles. The maximum absolute atomic E-state index is 4.61. The van der Waals surface area contributed by atoms with Gasteiger partial charge in [0.15, 0.2) is 5.82 Å². The zero-order valence-electron chi connectivity index (χ0n) is 10.5. The summed E-state index contributed by atoms with van der Waals surface area (Å²) in [6.07, 6.45) is 4.35. The van der Waals surface area contributed by atoms with Crippen molar-refractivity contribution in [2.24, 2.45) is 0 Å². The van der Waals surface area contributed by atoms with E-state index in [0.29, 0.717) is 12.1 Å². The molecule has 0 aliphatic carbocycles. The van der Waals surface area contributed by atoms with Gasteiger partial charge < -0.3 is 5.32 Å². The second kappa shape index (κ2) is 4.95. The molecular weight excluding hydrogens is 200 g/mol. The van der Waals surface area contributed by atoms with Crippen LogP contribution >= 0.6 is 0 Å². The van der Waals surface area contributed by atoms with Gasteiger partial charge in [-0.05, 0) is 19.8 Å². The van der Waals surface area contributed by atoms with Crippen LogP contribution in [0.5, 0.6) is 0 Å². The van der Waals surface area contributed by atoms with Crippen molar-refractivity contribution >= 4 is 0 Å². The van der Waals surface area contributed by atoms with Crippen LogP contribution in [0.15, 0.2) is 0 Å². The van der Waals surface area contributed by atoms with Gasteiger partial charge in [-0.3, -0.25) is 0 Å². The van der Waals surface area contributed by atoms with E-state index in [1.54, 1.807) is 0 Å². The molecule has 0 amide bonds. The van der Waals surface area contributed by atoms with Crippen molar-refractivity contribution in [2.75, 3.05) is 6.54 Å². The van der Waals surface area contributed by atoms with Crippen LogP contribution in [-0.2, 0) is 12.8 Å². The Hall–Kier alpha value is -0.900. The Kier molecular flexibility index (Phi) is 3.59. The molecule has 4 nitrogen and oxygen atoms in total. The second-order valence-electron chi connectivity index (χ2n) is 4.64. The Morgan fingerprint density at radius 1 is 1.31 bits per heavy atom. The first-order valence-corrected chi connectivity index (χ1v) is 6.42. The summed E-state index contributed by atoms with van der Waals surface area (Å²) < 4.78 is 2.15. The van der Waals surface area contributed by atoms with E-state index in [4.69, 9.17) is 0 Å². The van der Waals surface area contributed by atoms with Crippen molar-refractivity contribution in [3.63, 3.8) is 0 Å². The molecule has 1 saturated heterocycles. The SMILES string of the molecule is CCc1nc(CC)n(C2CCC(C)NC2)n1. The van der Waals surface area contributed by atoms with Gasteiger partial charge >= 0.3 is 0 Å². The Morgan fingerprint density at radius 3 is 2.69 bits per heavy atom. The van der Waals surface area contributed by atoms with E-state index in [1.807, 2.05) is 0 Å². The average Bonchev–Trinajstić information content (AvgIpc) is 2.73. The van der Waals surface area contributed by atoms with Crippen LogP contribution in [0, 0.1) is 0 Å². The number of nitrogens with zero attached hydrogens (tertiary/aromatic N) is 3. The predicted octanol–water partition coefficient (Wildman–Crippen LogP) is 1.72. The maximum Gasteiger partial charge on any atom is 0.150 e. The monoisotopic (exact) mass is 222 g/mol. The summed E-state index contributed by atoms with van der Waals surface area (Å²) in [6.45, 7) is 7.54. The number of aromatic nitrogens is 3. The third-order valence-corrected chi connectivity index (χ3v) is 3.36. The molecule has 0 radical (unpaired) electrons. The lowest BCUT2D eigenvalue weighted by Gasteiger charge is -2.28. The summed E-state index contributed by atoms with van der Waals surface area (Å²) in [5.41, 5.74) is 0. The fourth-order valence-electron chi connectivity index (χ4n) is 2.28. The fraction of sp³-hybridized carbons (Fsp3) is 0.833. The molecule has 2 unspecified atom stereocenters. The normalized spacial score (nSPS) is 25.9. The van der Waals surface area contributed by atoms with Gasteiger partial charge in [-0.15, -0.1) is 0 Å². The van der Waals surface area contributed by atoms with E-state index in [0.717, 1.165) is 31.0 Å². The summed E-state index contributed by atoms with van der Waals surface area (Å²) in [6, 6.07) is 1.15. The van der Waals surface area contributed by atoms with Crippen molar-refractivity contribution in [3.05, 3.63) is 11.6 Å². The third-order valence-electron chi connectivity index (χ3n) is 3.36.